The number of amides is 1. The third-order valence-corrected chi connectivity index (χ3v) is 3.80. The highest BCUT2D eigenvalue weighted by Gasteiger charge is 2.11. The number of hydrogen-bond donors (Lipinski definition) is 1. The number of hydrogen-bond acceptors (Lipinski definition) is 5. The molecular weight excluding hydrogens is 290 g/mol. The summed E-state index contributed by atoms with van der Waals surface area (Å²) in [6.07, 6.45) is 3.56. The van der Waals surface area contributed by atoms with Gasteiger partial charge in [0.25, 0.3) is 5.91 Å². The van der Waals surface area contributed by atoms with Crippen molar-refractivity contribution in [2.45, 2.75) is 19.3 Å². The van der Waals surface area contributed by atoms with Crippen molar-refractivity contribution >= 4 is 28.3 Å². The van der Waals surface area contributed by atoms with Gasteiger partial charge < -0.3 is 9.30 Å². The van der Waals surface area contributed by atoms with E-state index in [2.05, 4.69) is 15.0 Å². The van der Waals surface area contributed by atoms with Gasteiger partial charge in [-0.2, -0.15) is 0 Å². The zero-order chi connectivity index (χ0) is 15.2. The Hall–Kier alpha value is -2.15. The fourth-order valence-corrected chi connectivity index (χ4v) is 2.59. The van der Waals surface area contributed by atoms with Crippen LogP contribution >= 0.6 is 11.3 Å². The molecule has 0 fully saturated rings. The molecule has 112 valence electrons. The average Bonchev–Trinajstić information content (AvgIpc) is 3.07. The molecule has 2 aromatic heterocycles. The summed E-state index contributed by atoms with van der Waals surface area (Å²) >= 11 is 1.38. The van der Waals surface area contributed by atoms with Crippen LogP contribution in [0, 0.1) is 0 Å². The third kappa shape index (κ3) is 4.16. The van der Waals surface area contributed by atoms with Crippen molar-refractivity contribution in [2.75, 3.05) is 12.4 Å². The van der Waals surface area contributed by atoms with Crippen molar-refractivity contribution in [1.82, 2.24) is 9.55 Å². The Bertz CT molecular complexity index is 633. The van der Waals surface area contributed by atoms with Crippen molar-refractivity contribution in [1.29, 1.82) is 0 Å². The highest BCUT2D eigenvalue weighted by atomic mass is 32.1. The van der Waals surface area contributed by atoms with Crippen molar-refractivity contribution in [3.05, 3.63) is 35.1 Å². The van der Waals surface area contributed by atoms with E-state index in [0.717, 1.165) is 5.69 Å². The Morgan fingerprint density at radius 3 is 2.95 bits per heavy atom. The molecule has 0 unspecified atom stereocenters. The van der Waals surface area contributed by atoms with E-state index in [1.165, 1.54) is 18.4 Å². The van der Waals surface area contributed by atoms with E-state index in [4.69, 9.17) is 0 Å². The first-order valence-electron chi connectivity index (χ1n) is 6.54. The maximum atomic E-state index is 12.0. The van der Waals surface area contributed by atoms with Gasteiger partial charge in [-0.1, -0.05) is 0 Å². The SMILES string of the molecule is COC(=O)CCCc1csc(NC(=O)c2cccn2C)n1. The summed E-state index contributed by atoms with van der Waals surface area (Å²) in [6.45, 7) is 0. The molecule has 0 bridgehead atoms. The van der Waals surface area contributed by atoms with E-state index in [1.54, 1.807) is 10.6 Å². The van der Waals surface area contributed by atoms with Gasteiger partial charge in [-0.15, -0.1) is 11.3 Å². The lowest BCUT2D eigenvalue weighted by Gasteiger charge is -2.02. The monoisotopic (exact) mass is 307 g/mol. The van der Waals surface area contributed by atoms with E-state index in [9.17, 15) is 9.59 Å². The lowest BCUT2D eigenvalue weighted by Crippen LogP contribution is -2.15. The van der Waals surface area contributed by atoms with Gasteiger partial charge in [-0.05, 0) is 25.0 Å². The number of carbonyl (C=O) groups excluding carboxylic acids is 2. The second-order valence-electron chi connectivity index (χ2n) is 4.53. The Balaban J connectivity index is 1.87. The molecule has 0 aliphatic carbocycles. The molecule has 6 nitrogen and oxygen atoms in total. The lowest BCUT2D eigenvalue weighted by atomic mass is 10.2. The Kier molecular flexibility index (Phi) is 5.10. The third-order valence-electron chi connectivity index (χ3n) is 2.99. The number of aromatic nitrogens is 2. The standard InChI is InChI=1S/C14H17N3O3S/c1-17-8-4-6-11(17)13(19)16-14-15-10(9-21-14)5-3-7-12(18)20-2/h4,6,8-9H,3,5,7H2,1-2H3,(H,15,16,19). The van der Waals surface area contributed by atoms with Crippen LogP contribution < -0.4 is 5.32 Å². The molecule has 0 radical (unpaired) electrons. The maximum Gasteiger partial charge on any atom is 0.305 e. The second kappa shape index (κ2) is 7.03. The van der Waals surface area contributed by atoms with Crippen LogP contribution in [0.3, 0.4) is 0 Å². The number of rotatable bonds is 6. The summed E-state index contributed by atoms with van der Waals surface area (Å²) in [7, 11) is 3.19. The molecule has 21 heavy (non-hydrogen) atoms. The Morgan fingerprint density at radius 1 is 1.48 bits per heavy atom. The van der Waals surface area contributed by atoms with Gasteiger partial charge in [0.15, 0.2) is 5.13 Å². The van der Waals surface area contributed by atoms with Crippen LogP contribution in [0.5, 0.6) is 0 Å². The molecule has 1 amide bonds. The Labute approximate surface area is 126 Å². The van der Waals surface area contributed by atoms with E-state index in [0.29, 0.717) is 30.1 Å². The molecule has 7 heteroatoms. The lowest BCUT2D eigenvalue weighted by molar-refractivity contribution is -0.140. The molecule has 0 aliphatic rings. The van der Waals surface area contributed by atoms with Gasteiger partial charge in [-0.25, -0.2) is 4.98 Å². The van der Waals surface area contributed by atoms with Gasteiger partial charge in [0, 0.05) is 25.0 Å². The summed E-state index contributed by atoms with van der Waals surface area (Å²) in [6, 6.07) is 3.56. The minimum atomic E-state index is -0.220. The van der Waals surface area contributed by atoms with E-state index in [1.807, 2.05) is 24.7 Å². The van der Waals surface area contributed by atoms with Gasteiger partial charge in [0.1, 0.15) is 5.69 Å². The van der Waals surface area contributed by atoms with E-state index >= 15 is 0 Å². The smallest absolute Gasteiger partial charge is 0.305 e. The molecule has 2 aromatic rings. The van der Waals surface area contributed by atoms with Crippen LogP contribution in [0.15, 0.2) is 23.7 Å². The van der Waals surface area contributed by atoms with Crippen LogP contribution in [0.2, 0.25) is 0 Å². The summed E-state index contributed by atoms with van der Waals surface area (Å²) < 4.78 is 6.33. The molecule has 2 heterocycles. The zero-order valence-electron chi connectivity index (χ0n) is 12.0. The number of thiazole rings is 1. The zero-order valence-corrected chi connectivity index (χ0v) is 12.8. The average molecular weight is 307 g/mol. The van der Waals surface area contributed by atoms with E-state index < -0.39 is 0 Å². The van der Waals surface area contributed by atoms with Gasteiger partial charge in [0.2, 0.25) is 0 Å². The first kappa shape index (κ1) is 15.2. The van der Waals surface area contributed by atoms with Crippen LogP contribution in [0.1, 0.15) is 29.0 Å². The first-order valence-corrected chi connectivity index (χ1v) is 7.42. The number of esters is 1. The number of aryl methyl sites for hydroxylation is 2. The van der Waals surface area contributed by atoms with Gasteiger partial charge in [0.05, 0.1) is 12.8 Å². The van der Waals surface area contributed by atoms with Crippen LogP contribution in [-0.2, 0) is 23.0 Å². The molecule has 1 N–H and O–H groups in total. The molecular formula is C14H17N3O3S. The quantitative estimate of drug-likeness (QED) is 0.831. The minimum Gasteiger partial charge on any atom is -0.469 e. The van der Waals surface area contributed by atoms with Crippen molar-refractivity contribution in [3.8, 4) is 0 Å². The van der Waals surface area contributed by atoms with Crippen LogP contribution in [-0.4, -0.2) is 28.5 Å². The van der Waals surface area contributed by atoms with E-state index in [-0.39, 0.29) is 11.9 Å². The summed E-state index contributed by atoms with van der Waals surface area (Å²) in [5.74, 6) is -0.402. The molecule has 0 atom stereocenters. The largest absolute Gasteiger partial charge is 0.469 e. The molecule has 0 saturated carbocycles. The van der Waals surface area contributed by atoms with Gasteiger partial charge in [-0.3, -0.25) is 14.9 Å². The van der Waals surface area contributed by atoms with Crippen LogP contribution in [0.25, 0.3) is 0 Å². The molecule has 2 rings (SSSR count). The highest BCUT2D eigenvalue weighted by Crippen LogP contribution is 2.18. The summed E-state index contributed by atoms with van der Waals surface area (Å²) in [4.78, 5) is 27.4. The minimum absolute atomic E-state index is 0.182. The first-order chi connectivity index (χ1) is 10.1. The van der Waals surface area contributed by atoms with Gasteiger partial charge >= 0.3 is 5.97 Å². The molecule has 0 aromatic carbocycles. The number of ether oxygens (including phenoxy) is 1. The second-order valence-corrected chi connectivity index (χ2v) is 5.39. The normalized spacial score (nSPS) is 10.4. The highest BCUT2D eigenvalue weighted by molar-refractivity contribution is 7.13. The predicted molar refractivity (Wildman–Crippen MR) is 80.4 cm³/mol. The van der Waals surface area contributed by atoms with Crippen molar-refractivity contribution in [2.24, 2.45) is 7.05 Å². The number of carbonyl (C=O) groups is 2. The summed E-state index contributed by atoms with van der Waals surface area (Å²) in [5.41, 5.74) is 1.45. The Morgan fingerprint density at radius 2 is 2.29 bits per heavy atom. The fourth-order valence-electron chi connectivity index (χ4n) is 1.85. The summed E-state index contributed by atoms with van der Waals surface area (Å²) in [5, 5.41) is 5.22. The van der Waals surface area contributed by atoms with Crippen molar-refractivity contribution in [3.63, 3.8) is 0 Å². The number of methoxy groups -OCH3 is 1. The molecule has 0 saturated heterocycles. The fraction of sp³-hybridized carbons (Fsp3) is 0.357. The number of anilines is 1. The maximum absolute atomic E-state index is 12.0. The number of nitrogens with one attached hydrogen (secondary N) is 1. The topological polar surface area (TPSA) is 73.2 Å². The van der Waals surface area contributed by atoms with Crippen molar-refractivity contribution < 1.29 is 14.3 Å². The predicted octanol–water partition coefficient (Wildman–Crippen LogP) is 2.23. The number of nitrogens with zero attached hydrogens (tertiary/aromatic N) is 2. The molecule has 0 aliphatic heterocycles. The molecule has 0 spiro atoms. The van der Waals surface area contributed by atoms with Crippen LogP contribution in [0.4, 0.5) is 5.13 Å².